The molecule has 20 heavy (non-hydrogen) atoms. The van der Waals surface area contributed by atoms with E-state index in [0.717, 1.165) is 15.6 Å². The number of carbonyl (C=O) groups excluding carboxylic acids is 1. The summed E-state index contributed by atoms with van der Waals surface area (Å²) in [6, 6.07) is 7.93. The molecule has 0 fully saturated rings. The molecule has 4 heteroatoms. The number of hydrogen-bond donors (Lipinski definition) is 0. The summed E-state index contributed by atoms with van der Waals surface area (Å²) < 4.78 is 20.5. The van der Waals surface area contributed by atoms with Gasteiger partial charge in [-0.1, -0.05) is 22.0 Å². The summed E-state index contributed by atoms with van der Waals surface area (Å²) in [5, 5.41) is 0. The summed E-state index contributed by atoms with van der Waals surface area (Å²) in [4.78, 5) is 11.5. The molecule has 0 saturated carbocycles. The van der Waals surface area contributed by atoms with Crippen molar-refractivity contribution in [2.24, 2.45) is 0 Å². The summed E-state index contributed by atoms with van der Waals surface area (Å²) in [7, 11) is 0. The molecular formula is C16H14BrFO2. The van der Waals surface area contributed by atoms with E-state index in [2.05, 4.69) is 15.9 Å². The van der Waals surface area contributed by atoms with Crippen LogP contribution in [0.5, 0.6) is 11.5 Å². The molecule has 0 atom stereocenters. The van der Waals surface area contributed by atoms with Gasteiger partial charge in [-0.05, 0) is 56.2 Å². The van der Waals surface area contributed by atoms with Gasteiger partial charge < -0.3 is 4.74 Å². The van der Waals surface area contributed by atoms with Crippen LogP contribution in [-0.2, 0) is 0 Å². The smallest absolute Gasteiger partial charge is 0.173 e. The molecule has 0 aliphatic carbocycles. The summed E-state index contributed by atoms with van der Waals surface area (Å²) in [6.07, 6.45) is 0. The third-order valence-electron chi connectivity index (χ3n) is 2.98. The first-order valence-corrected chi connectivity index (χ1v) is 6.93. The number of para-hydroxylation sites is 1. The van der Waals surface area contributed by atoms with E-state index in [4.69, 9.17) is 4.74 Å². The summed E-state index contributed by atoms with van der Waals surface area (Å²) in [6.45, 7) is 5.24. The quantitative estimate of drug-likeness (QED) is 0.720. The summed E-state index contributed by atoms with van der Waals surface area (Å²) in [5.74, 6) is -0.294. The van der Waals surface area contributed by atoms with Crippen LogP contribution in [-0.4, -0.2) is 5.78 Å². The highest BCUT2D eigenvalue weighted by atomic mass is 79.9. The van der Waals surface area contributed by atoms with Crippen molar-refractivity contribution in [2.75, 3.05) is 0 Å². The van der Waals surface area contributed by atoms with Crippen molar-refractivity contribution in [1.29, 1.82) is 0 Å². The number of carbonyl (C=O) groups is 1. The van der Waals surface area contributed by atoms with Gasteiger partial charge >= 0.3 is 0 Å². The van der Waals surface area contributed by atoms with Gasteiger partial charge in [0.1, 0.15) is 5.75 Å². The van der Waals surface area contributed by atoms with Gasteiger partial charge in [-0.25, -0.2) is 4.39 Å². The molecular weight excluding hydrogens is 323 g/mol. The van der Waals surface area contributed by atoms with Gasteiger partial charge in [-0.2, -0.15) is 0 Å². The second-order valence-electron chi connectivity index (χ2n) is 4.65. The van der Waals surface area contributed by atoms with Crippen LogP contribution in [0.15, 0.2) is 34.8 Å². The second kappa shape index (κ2) is 5.75. The third kappa shape index (κ3) is 2.90. The maximum Gasteiger partial charge on any atom is 0.173 e. The molecule has 2 rings (SSSR count). The minimum atomic E-state index is -0.545. The Kier molecular flexibility index (Phi) is 4.23. The minimum Gasteiger partial charge on any atom is -0.453 e. The first-order chi connectivity index (χ1) is 9.40. The molecule has 0 N–H and O–H groups in total. The van der Waals surface area contributed by atoms with Gasteiger partial charge in [-0.3, -0.25) is 4.79 Å². The average molecular weight is 337 g/mol. The van der Waals surface area contributed by atoms with E-state index in [-0.39, 0.29) is 17.1 Å². The van der Waals surface area contributed by atoms with Gasteiger partial charge in [0, 0.05) is 4.47 Å². The minimum absolute atomic E-state index is 0.0267. The lowest BCUT2D eigenvalue weighted by molar-refractivity contribution is 0.101. The standard InChI is InChI=1S/C16H14BrFO2/c1-9-7-12(8-10(2)15(9)17)20-16-13(11(3)19)5-4-6-14(16)18/h4-8H,1-3H3. The Morgan fingerprint density at radius 1 is 1.20 bits per heavy atom. The monoisotopic (exact) mass is 336 g/mol. The fourth-order valence-electron chi connectivity index (χ4n) is 1.97. The molecule has 2 nitrogen and oxygen atoms in total. The zero-order valence-electron chi connectivity index (χ0n) is 11.5. The van der Waals surface area contributed by atoms with E-state index in [1.165, 1.54) is 19.1 Å². The lowest BCUT2D eigenvalue weighted by atomic mass is 10.1. The summed E-state index contributed by atoms with van der Waals surface area (Å²) in [5.41, 5.74) is 2.21. The van der Waals surface area contributed by atoms with Gasteiger partial charge in [-0.15, -0.1) is 0 Å². The molecule has 0 aliphatic heterocycles. The maximum atomic E-state index is 13.9. The van der Waals surface area contributed by atoms with Gasteiger partial charge in [0.2, 0.25) is 0 Å². The predicted octanol–water partition coefficient (Wildman–Crippen LogP) is 5.20. The molecule has 104 valence electrons. The SMILES string of the molecule is CC(=O)c1cccc(F)c1Oc1cc(C)c(Br)c(C)c1. The molecule has 0 saturated heterocycles. The Morgan fingerprint density at radius 3 is 2.35 bits per heavy atom. The number of hydrogen-bond acceptors (Lipinski definition) is 2. The van der Waals surface area contributed by atoms with Crippen LogP contribution in [0.4, 0.5) is 4.39 Å². The number of benzene rings is 2. The number of halogens is 2. The van der Waals surface area contributed by atoms with E-state index in [0.29, 0.717) is 5.75 Å². The van der Waals surface area contributed by atoms with Crippen LogP contribution >= 0.6 is 15.9 Å². The first kappa shape index (κ1) is 14.7. The number of ketones is 1. The molecule has 0 radical (unpaired) electrons. The average Bonchev–Trinajstić information content (AvgIpc) is 2.38. The van der Waals surface area contributed by atoms with E-state index in [9.17, 15) is 9.18 Å². The topological polar surface area (TPSA) is 26.3 Å². The molecule has 0 heterocycles. The first-order valence-electron chi connectivity index (χ1n) is 6.14. The van der Waals surface area contributed by atoms with Crippen LogP contribution in [0.1, 0.15) is 28.4 Å². The van der Waals surface area contributed by atoms with Crippen molar-refractivity contribution in [3.05, 3.63) is 57.3 Å². The number of rotatable bonds is 3. The van der Waals surface area contributed by atoms with Crippen LogP contribution in [0.3, 0.4) is 0 Å². The normalized spacial score (nSPS) is 10.4. The van der Waals surface area contributed by atoms with Crippen molar-refractivity contribution in [2.45, 2.75) is 20.8 Å². The lowest BCUT2D eigenvalue weighted by Crippen LogP contribution is -2.00. The highest BCUT2D eigenvalue weighted by Crippen LogP contribution is 2.32. The number of Topliss-reactive ketones (excluding diaryl/α,β-unsaturated/α-hetero) is 1. The Balaban J connectivity index is 2.47. The molecule has 0 unspecified atom stereocenters. The fourth-order valence-corrected chi connectivity index (χ4v) is 2.20. The Labute approximate surface area is 125 Å². The highest BCUT2D eigenvalue weighted by Gasteiger charge is 2.15. The molecule has 0 aromatic heterocycles. The fraction of sp³-hybridized carbons (Fsp3) is 0.188. The molecule has 2 aromatic rings. The molecule has 0 amide bonds. The second-order valence-corrected chi connectivity index (χ2v) is 5.44. The molecule has 2 aromatic carbocycles. The van der Waals surface area contributed by atoms with E-state index < -0.39 is 5.82 Å². The van der Waals surface area contributed by atoms with Crippen molar-refractivity contribution in [1.82, 2.24) is 0 Å². The van der Waals surface area contributed by atoms with E-state index in [1.807, 2.05) is 13.8 Å². The zero-order chi connectivity index (χ0) is 14.9. The van der Waals surface area contributed by atoms with Crippen molar-refractivity contribution in [3.8, 4) is 11.5 Å². The Bertz CT molecular complexity index is 657. The van der Waals surface area contributed by atoms with Crippen LogP contribution in [0.2, 0.25) is 0 Å². The predicted molar refractivity (Wildman–Crippen MR) is 80.1 cm³/mol. The Morgan fingerprint density at radius 2 is 1.80 bits per heavy atom. The van der Waals surface area contributed by atoms with Crippen LogP contribution < -0.4 is 4.74 Å². The number of ether oxygens (including phenoxy) is 1. The van der Waals surface area contributed by atoms with Gasteiger partial charge in [0.25, 0.3) is 0 Å². The lowest BCUT2D eigenvalue weighted by Gasteiger charge is -2.12. The van der Waals surface area contributed by atoms with Gasteiger partial charge in [0.15, 0.2) is 17.3 Å². The van der Waals surface area contributed by atoms with E-state index >= 15 is 0 Å². The third-order valence-corrected chi connectivity index (χ3v) is 4.23. The number of aryl methyl sites for hydroxylation is 2. The van der Waals surface area contributed by atoms with Crippen molar-refractivity contribution in [3.63, 3.8) is 0 Å². The summed E-state index contributed by atoms with van der Waals surface area (Å²) >= 11 is 3.47. The zero-order valence-corrected chi connectivity index (χ0v) is 13.0. The molecule has 0 bridgehead atoms. The van der Waals surface area contributed by atoms with E-state index in [1.54, 1.807) is 18.2 Å². The largest absolute Gasteiger partial charge is 0.453 e. The maximum absolute atomic E-state index is 13.9. The van der Waals surface area contributed by atoms with Gasteiger partial charge in [0.05, 0.1) is 5.56 Å². The Hall–Kier alpha value is -1.68. The van der Waals surface area contributed by atoms with Crippen LogP contribution in [0.25, 0.3) is 0 Å². The highest BCUT2D eigenvalue weighted by molar-refractivity contribution is 9.10. The molecule has 0 spiro atoms. The molecule has 0 aliphatic rings. The van der Waals surface area contributed by atoms with Crippen molar-refractivity contribution < 1.29 is 13.9 Å². The van der Waals surface area contributed by atoms with Crippen LogP contribution in [0, 0.1) is 19.7 Å². The van der Waals surface area contributed by atoms with Crippen molar-refractivity contribution >= 4 is 21.7 Å².